The molecule has 3 aromatic rings. The molecule has 0 atom stereocenters. The highest BCUT2D eigenvalue weighted by Gasteiger charge is 2.27. The van der Waals surface area contributed by atoms with E-state index < -0.39 is 6.09 Å². The Morgan fingerprint density at radius 3 is 2.85 bits per heavy atom. The average Bonchev–Trinajstić information content (AvgIpc) is 3.27. The number of fused-ring (bicyclic) bond motifs is 1. The van der Waals surface area contributed by atoms with Crippen LogP contribution in [0.25, 0.3) is 11.0 Å². The molecule has 10 heteroatoms. The third-order valence-corrected chi connectivity index (χ3v) is 6.04. The lowest BCUT2D eigenvalue weighted by atomic mass is 9.98. The first-order valence-electron chi connectivity index (χ1n) is 8.58. The maximum Gasteiger partial charge on any atom is 0.407 e. The fraction of sp³-hybridized carbons (Fsp3) is 0.353. The highest BCUT2D eigenvalue weighted by molar-refractivity contribution is 7.14. The molecule has 9 nitrogen and oxygen atoms in total. The average molecular weight is 386 g/mol. The highest BCUT2D eigenvalue weighted by atomic mass is 32.1. The fourth-order valence-electron chi connectivity index (χ4n) is 3.23. The van der Waals surface area contributed by atoms with E-state index in [9.17, 15) is 9.59 Å². The van der Waals surface area contributed by atoms with Crippen molar-refractivity contribution in [2.75, 3.05) is 18.4 Å². The Hall–Kier alpha value is -3.01. The van der Waals surface area contributed by atoms with Crippen LogP contribution in [0.2, 0.25) is 0 Å². The van der Waals surface area contributed by atoms with E-state index in [1.165, 1.54) is 16.2 Å². The SMILES string of the molecule is Cc1nc(C2CCN(C(=O)O)CC2)sc1C(=O)Nc1ccc2[nH]nnc2c1. The molecular formula is C17H18N6O3S. The van der Waals surface area contributed by atoms with E-state index in [-0.39, 0.29) is 11.8 Å². The van der Waals surface area contributed by atoms with Gasteiger partial charge in [0.05, 0.1) is 16.2 Å². The second kappa shape index (κ2) is 6.95. The van der Waals surface area contributed by atoms with E-state index in [1.807, 2.05) is 13.0 Å². The minimum absolute atomic E-state index is 0.192. The number of carboxylic acid groups (broad SMARTS) is 1. The zero-order valence-electron chi connectivity index (χ0n) is 14.6. The molecule has 0 unspecified atom stereocenters. The first-order valence-corrected chi connectivity index (χ1v) is 9.40. The number of carbonyl (C=O) groups excluding carboxylic acids is 1. The molecule has 0 radical (unpaired) electrons. The van der Waals surface area contributed by atoms with Crippen molar-refractivity contribution in [1.29, 1.82) is 0 Å². The Morgan fingerprint density at radius 2 is 2.11 bits per heavy atom. The second-order valence-electron chi connectivity index (χ2n) is 6.51. The van der Waals surface area contributed by atoms with Gasteiger partial charge >= 0.3 is 6.09 Å². The van der Waals surface area contributed by atoms with Gasteiger partial charge in [-0.15, -0.1) is 16.4 Å². The number of likely N-dealkylation sites (tertiary alicyclic amines) is 1. The van der Waals surface area contributed by atoms with E-state index in [0.717, 1.165) is 23.4 Å². The van der Waals surface area contributed by atoms with Crippen molar-refractivity contribution in [3.63, 3.8) is 0 Å². The molecule has 2 aromatic heterocycles. The van der Waals surface area contributed by atoms with Crippen LogP contribution in [0.1, 0.15) is 39.1 Å². The summed E-state index contributed by atoms with van der Waals surface area (Å²) in [7, 11) is 0. The number of thiazole rings is 1. The molecule has 1 aliphatic heterocycles. The molecule has 0 bridgehead atoms. The Labute approximate surface area is 158 Å². The molecule has 3 heterocycles. The van der Waals surface area contributed by atoms with Crippen LogP contribution >= 0.6 is 11.3 Å². The molecule has 3 N–H and O–H groups in total. The highest BCUT2D eigenvalue weighted by Crippen LogP contribution is 2.33. The number of aromatic amines is 1. The number of benzene rings is 1. The zero-order valence-corrected chi connectivity index (χ0v) is 15.4. The van der Waals surface area contributed by atoms with Crippen LogP contribution in [-0.4, -0.2) is 55.5 Å². The Morgan fingerprint density at radius 1 is 1.33 bits per heavy atom. The van der Waals surface area contributed by atoms with E-state index in [4.69, 9.17) is 5.11 Å². The standard InChI is InChI=1S/C17H18N6O3S/c1-9-14(15(24)19-11-2-3-12-13(8-11)21-22-20-12)27-16(18-9)10-4-6-23(7-5-10)17(25)26/h2-3,8,10H,4-7H2,1H3,(H,19,24)(H,25,26)(H,20,21,22). The molecule has 0 saturated carbocycles. The van der Waals surface area contributed by atoms with Gasteiger partial charge in [0, 0.05) is 24.7 Å². The summed E-state index contributed by atoms with van der Waals surface area (Å²) >= 11 is 1.39. The van der Waals surface area contributed by atoms with Gasteiger partial charge in [0.2, 0.25) is 0 Å². The van der Waals surface area contributed by atoms with Crippen molar-refractivity contribution in [3.8, 4) is 0 Å². The van der Waals surface area contributed by atoms with Gasteiger partial charge in [0.1, 0.15) is 10.4 Å². The molecule has 0 spiro atoms. The molecule has 2 amide bonds. The minimum Gasteiger partial charge on any atom is -0.465 e. The Bertz CT molecular complexity index is 1010. The summed E-state index contributed by atoms with van der Waals surface area (Å²) in [5.74, 6) is -0.0144. The fourth-order valence-corrected chi connectivity index (χ4v) is 4.36. The molecule has 27 heavy (non-hydrogen) atoms. The number of aromatic nitrogens is 4. The van der Waals surface area contributed by atoms with Crippen molar-refractivity contribution >= 4 is 40.1 Å². The third-order valence-electron chi connectivity index (χ3n) is 4.72. The summed E-state index contributed by atoms with van der Waals surface area (Å²) < 4.78 is 0. The third kappa shape index (κ3) is 3.47. The van der Waals surface area contributed by atoms with Crippen molar-refractivity contribution in [2.45, 2.75) is 25.7 Å². The molecule has 1 aromatic carbocycles. The molecule has 4 rings (SSSR count). The number of hydrogen-bond acceptors (Lipinski definition) is 6. The summed E-state index contributed by atoms with van der Waals surface area (Å²) in [6.07, 6.45) is 0.569. The lowest BCUT2D eigenvalue weighted by Gasteiger charge is -2.28. The second-order valence-corrected chi connectivity index (χ2v) is 7.54. The van der Waals surface area contributed by atoms with Gasteiger partial charge < -0.3 is 15.3 Å². The first kappa shape index (κ1) is 17.4. The van der Waals surface area contributed by atoms with E-state index in [1.54, 1.807) is 12.1 Å². The van der Waals surface area contributed by atoms with Crippen molar-refractivity contribution in [2.24, 2.45) is 0 Å². The minimum atomic E-state index is -0.882. The molecule has 1 saturated heterocycles. The van der Waals surface area contributed by atoms with Crippen molar-refractivity contribution < 1.29 is 14.7 Å². The predicted octanol–water partition coefficient (Wildman–Crippen LogP) is 2.83. The number of nitrogens with zero attached hydrogens (tertiary/aromatic N) is 4. The van der Waals surface area contributed by atoms with Gasteiger partial charge in [0.15, 0.2) is 0 Å². The predicted molar refractivity (Wildman–Crippen MR) is 100 cm³/mol. The number of carbonyl (C=O) groups is 2. The monoisotopic (exact) mass is 386 g/mol. The van der Waals surface area contributed by atoms with E-state index in [0.29, 0.717) is 34.9 Å². The van der Waals surface area contributed by atoms with Gasteiger partial charge in [-0.3, -0.25) is 9.89 Å². The van der Waals surface area contributed by atoms with Crippen LogP contribution in [0, 0.1) is 6.92 Å². The lowest BCUT2D eigenvalue weighted by molar-refractivity contribution is 0.102. The Kier molecular flexibility index (Phi) is 4.48. The molecule has 140 valence electrons. The number of anilines is 1. The Balaban J connectivity index is 1.47. The normalized spacial score (nSPS) is 15.2. The number of amides is 2. The number of piperidine rings is 1. The van der Waals surface area contributed by atoms with Crippen molar-refractivity contribution in [1.82, 2.24) is 25.3 Å². The summed E-state index contributed by atoms with van der Waals surface area (Å²) in [5, 5.41) is 23.3. The van der Waals surface area contributed by atoms with Gasteiger partial charge in [0.25, 0.3) is 5.91 Å². The van der Waals surface area contributed by atoms with Crippen molar-refractivity contribution in [3.05, 3.63) is 33.8 Å². The van der Waals surface area contributed by atoms with Crippen LogP contribution in [-0.2, 0) is 0 Å². The van der Waals surface area contributed by atoms with E-state index in [2.05, 4.69) is 25.7 Å². The van der Waals surface area contributed by atoms with Crippen LogP contribution < -0.4 is 5.32 Å². The number of rotatable bonds is 3. The molecular weight excluding hydrogens is 368 g/mol. The van der Waals surface area contributed by atoms with Crippen LogP contribution in [0.4, 0.5) is 10.5 Å². The van der Waals surface area contributed by atoms with Gasteiger partial charge in [-0.05, 0) is 38.0 Å². The van der Waals surface area contributed by atoms with Crippen LogP contribution in [0.15, 0.2) is 18.2 Å². The number of H-pyrrole nitrogens is 1. The number of nitrogens with one attached hydrogen (secondary N) is 2. The maximum absolute atomic E-state index is 12.7. The van der Waals surface area contributed by atoms with Crippen LogP contribution in [0.3, 0.4) is 0 Å². The summed E-state index contributed by atoms with van der Waals surface area (Å²) in [6.45, 7) is 2.82. The number of aryl methyl sites for hydroxylation is 1. The largest absolute Gasteiger partial charge is 0.465 e. The number of hydrogen-bond donors (Lipinski definition) is 3. The first-order chi connectivity index (χ1) is 13.0. The molecule has 0 aliphatic carbocycles. The summed E-state index contributed by atoms with van der Waals surface area (Å²) in [4.78, 5) is 30.3. The summed E-state index contributed by atoms with van der Waals surface area (Å²) in [6, 6.07) is 5.36. The van der Waals surface area contributed by atoms with E-state index >= 15 is 0 Å². The summed E-state index contributed by atoms with van der Waals surface area (Å²) in [5.41, 5.74) is 2.82. The molecule has 1 fully saturated rings. The molecule has 1 aliphatic rings. The zero-order chi connectivity index (χ0) is 19.0. The quantitative estimate of drug-likeness (QED) is 0.636. The van der Waals surface area contributed by atoms with Gasteiger partial charge in [-0.2, -0.15) is 0 Å². The van der Waals surface area contributed by atoms with Gasteiger partial charge in [-0.25, -0.2) is 9.78 Å². The topological polar surface area (TPSA) is 124 Å². The van der Waals surface area contributed by atoms with Gasteiger partial charge in [-0.1, -0.05) is 5.21 Å². The smallest absolute Gasteiger partial charge is 0.407 e. The lowest BCUT2D eigenvalue weighted by Crippen LogP contribution is -2.36. The van der Waals surface area contributed by atoms with Crippen LogP contribution in [0.5, 0.6) is 0 Å². The maximum atomic E-state index is 12.7.